The van der Waals surface area contributed by atoms with Gasteiger partial charge in [-0.1, -0.05) is 39.8 Å². The quantitative estimate of drug-likeness (QED) is 0.472. The van der Waals surface area contributed by atoms with Gasteiger partial charge in [-0.25, -0.2) is 0 Å². The van der Waals surface area contributed by atoms with Gasteiger partial charge in [0.25, 0.3) is 0 Å². The SMILES string of the molecule is CC(C)C/C=C\CNCCC(C)C. The van der Waals surface area contributed by atoms with Crippen LogP contribution in [0.1, 0.15) is 40.5 Å². The van der Waals surface area contributed by atoms with Crippen molar-refractivity contribution in [3.8, 4) is 0 Å². The van der Waals surface area contributed by atoms with Crippen LogP contribution in [0.3, 0.4) is 0 Å². The second-order valence-electron chi connectivity index (χ2n) is 4.49. The number of allylic oxidation sites excluding steroid dienone is 1. The Balaban J connectivity index is 3.11. The zero-order chi connectivity index (χ0) is 10.1. The average Bonchev–Trinajstić information content (AvgIpc) is 2.01. The molecule has 0 saturated heterocycles. The fourth-order valence-electron chi connectivity index (χ4n) is 1.03. The summed E-state index contributed by atoms with van der Waals surface area (Å²) in [5.41, 5.74) is 0. The van der Waals surface area contributed by atoms with Gasteiger partial charge in [0.15, 0.2) is 0 Å². The van der Waals surface area contributed by atoms with Crippen LogP contribution in [0.25, 0.3) is 0 Å². The Bertz CT molecular complexity index is 125. The molecule has 0 amide bonds. The van der Waals surface area contributed by atoms with Crippen LogP contribution < -0.4 is 5.32 Å². The number of hydrogen-bond acceptors (Lipinski definition) is 1. The van der Waals surface area contributed by atoms with E-state index < -0.39 is 0 Å². The lowest BCUT2D eigenvalue weighted by Gasteiger charge is -2.04. The van der Waals surface area contributed by atoms with Crippen molar-refractivity contribution in [2.24, 2.45) is 11.8 Å². The molecule has 0 aromatic heterocycles. The van der Waals surface area contributed by atoms with E-state index >= 15 is 0 Å². The molecular weight excluding hydrogens is 158 g/mol. The Hall–Kier alpha value is -0.300. The Labute approximate surface area is 83.6 Å². The van der Waals surface area contributed by atoms with Gasteiger partial charge in [-0.15, -0.1) is 0 Å². The molecule has 0 unspecified atom stereocenters. The molecule has 0 fully saturated rings. The van der Waals surface area contributed by atoms with Gasteiger partial charge < -0.3 is 5.32 Å². The van der Waals surface area contributed by atoms with Crippen LogP contribution in [0, 0.1) is 11.8 Å². The summed E-state index contributed by atoms with van der Waals surface area (Å²) >= 11 is 0. The number of hydrogen-bond donors (Lipinski definition) is 1. The summed E-state index contributed by atoms with van der Waals surface area (Å²) in [6.07, 6.45) is 6.98. The third-order valence-corrected chi connectivity index (χ3v) is 1.93. The molecular formula is C12H25N. The van der Waals surface area contributed by atoms with Crippen LogP contribution in [0.5, 0.6) is 0 Å². The number of rotatable bonds is 7. The molecule has 0 aromatic rings. The van der Waals surface area contributed by atoms with Crippen molar-refractivity contribution in [3.63, 3.8) is 0 Å². The van der Waals surface area contributed by atoms with Gasteiger partial charge in [-0.3, -0.25) is 0 Å². The Kier molecular flexibility index (Phi) is 8.11. The van der Waals surface area contributed by atoms with Gasteiger partial charge in [-0.05, 0) is 31.2 Å². The molecule has 0 aliphatic heterocycles. The normalized spacial score (nSPS) is 12.2. The van der Waals surface area contributed by atoms with Gasteiger partial charge in [-0.2, -0.15) is 0 Å². The summed E-state index contributed by atoms with van der Waals surface area (Å²) in [4.78, 5) is 0. The fourth-order valence-corrected chi connectivity index (χ4v) is 1.03. The minimum Gasteiger partial charge on any atom is -0.313 e. The van der Waals surface area contributed by atoms with Gasteiger partial charge >= 0.3 is 0 Å². The van der Waals surface area contributed by atoms with Crippen molar-refractivity contribution < 1.29 is 0 Å². The molecule has 1 nitrogen and oxygen atoms in total. The maximum absolute atomic E-state index is 3.40. The highest BCUT2D eigenvalue weighted by Crippen LogP contribution is 1.99. The highest BCUT2D eigenvalue weighted by molar-refractivity contribution is 4.84. The van der Waals surface area contributed by atoms with Crippen LogP contribution in [0.15, 0.2) is 12.2 Å². The van der Waals surface area contributed by atoms with E-state index in [0.717, 1.165) is 24.9 Å². The number of nitrogens with one attached hydrogen (secondary N) is 1. The maximum atomic E-state index is 3.40. The van der Waals surface area contributed by atoms with Gasteiger partial charge in [0.2, 0.25) is 0 Å². The van der Waals surface area contributed by atoms with E-state index in [2.05, 4.69) is 45.2 Å². The topological polar surface area (TPSA) is 12.0 Å². The van der Waals surface area contributed by atoms with E-state index in [0.29, 0.717) is 0 Å². The largest absolute Gasteiger partial charge is 0.313 e. The van der Waals surface area contributed by atoms with Gasteiger partial charge in [0, 0.05) is 6.54 Å². The fraction of sp³-hybridized carbons (Fsp3) is 0.833. The Morgan fingerprint density at radius 1 is 1.00 bits per heavy atom. The van der Waals surface area contributed by atoms with E-state index in [4.69, 9.17) is 0 Å². The van der Waals surface area contributed by atoms with Crippen molar-refractivity contribution in [1.29, 1.82) is 0 Å². The summed E-state index contributed by atoms with van der Waals surface area (Å²) in [6.45, 7) is 11.2. The predicted molar refractivity (Wildman–Crippen MR) is 60.9 cm³/mol. The second kappa shape index (κ2) is 8.31. The highest BCUT2D eigenvalue weighted by Gasteiger charge is 1.91. The standard InChI is InChI=1S/C12H25N/c1-11(2)7-5-6-9-13-10-8-12(3)4/h5-6,11-13H,7-10H2,1-4H3/b6-5-. The third kappa shape index (κ3) is 11.7. The van der Waals surface area contributed by atoms with Crippen molar-refractivity contribution in [1.82, 2.24) is 5.32 Å². The van der Waals surface area contributed by atoms with Crippen molar-refractivity contribution in [2.75, 3.05) is 13.1 Å². The summed E-state index contributed by atoms with van der Waals surface area (Å²) < 4.78 is 0. The van der Waals surface area contributed by atoms with Crippen LogP contribution in [-0.4, -0.2) is 13.1 Å². The molecule has 1 N–H and O–H groups in total. The van der Waals surface area contributed by atoms with Gasteiger partial charge in [0.1, 0.15) is 0 Å². The first-order valence-corrected chi connectivity index (χ1v) is 5.48. The molecule has 0 rings (SSSR count). The monoisotopic (exact) mass is 183 g/mol. The van der Waals surface area contributed by atoms with Crippen LogP contribution in [-0.2, 0) is 0 Å². The molecule has 1 heteroatoms. The summed E-state index contributed by atoms with van der Waals surface area (Å²) in [7, 11) is 0. The highest BCUT2D eigenvalue weighted by atomic mass is 14.8. The van der Waals surface area contributed by atoms with E-state index in [1.165, 1.54) is 12.8 Å². The summed E-state index contributed by atoms with van der Waals surface area (Å²) in [5, 5.41) is 3.40. The van der Waals surface area contributed by atoms with E-state index in [1.807, 2.05) is 0 Å². The smallest absolute Gasteiger partial charge is 0.0134 e. The van der Waals surface area contributed by atoms with E-state index in [9.17, 15) is 0 Å². The molecule has 78 valence electrons. The van der Waals surface area contributed by atoms with Crippen LogP contribution in [0.2, 0.25) is 0 Å². The summed E-state index contributed by atoms with van der Waals surface area (Å²) in [5.74, 6) is 1.60. The molecule has 0 spiro atoms. The van der Waals surface area contributed by atoms with E-state index in [-0.39, 0.29) is 0 Å². The predicted octanol–water partition coefficient (Wildman–Crippen LogP) is 3.22. The third-order valence-electron chi connectivity index (χ3n) is 1.93. The Morgan fingerprint density at radius 3 is 2.23 bits per heavy atom. The van der Waals surface area contributed by atoms with Gasteiger partial charge in [0.05, 0.1) is 0 Å². The van der Waals surface area contributed by atoms with Crippen LogP contribution >= 0.6 is 0 Å². The van der Waals surface area contributed by atoms with Crippen molar-refractivity contribution >= 4 is 0 Å². The lowest BCUT2D eigenvalue weighted by molar-refractivity contribution is 0.552. The molecule has 0 bridgehead atoms. The molecule has 0 radical (unpaired) electrons. The maximum Gasteiger partial charge on any atom is 0.0134 e. The van der Waals surface area contributed by atoms with E-state index in [1.54, 1.807) is 0 Å². The molecule has 0 heterocycles. The molecule has 0 aliphatic rings. The molecule has 13 heavy (non-hydrogen) atoms. The minimum absolute atomic E-state index is 0.784. The second-order valence-corrected chi connectivity index (χ2v) is 4.49. The Morgan fingerprint density at radius 2 is 1.69 bits per heavy atom. The van der Waals surface area contributed by atoms with Crippen LogP contribution in [0.4, 0.5) is 0 Å². The zero-order valence-corrected chi connectivity index (χ0v) is 9.64. The lowest BCUT2D eigenvalue weighted by atomic mass is 10.1. The molecule has 0 atom stereocenters. The zero-order valence-electron chi connectivity index (χ0n) is 9.64. The first-order valence-electron chi connectivity index (χ1n) is 5.48. The summed E-state index contributed by atoms with van der Waals surface area (Å²) in [6, 6.07) is 0. The minimum atomic E-state index is 0.784. The average molecular weight is 183 g/mol. The molecule has 0 saturated carbocycles. The molecule has 0 aromatic carbocycles. The van der Waals surface area contributed by atoms with Crippen molar-refractivity contribution in [3.05, 3.63) is 12.2 Å². The molecule has 0 aliphatic carbocycles. The first kappa shape index (κ1) is 12.7. The van der Waals surface area contributed by atoms with Crippen molar-refractivity contribution in [2.45, 2.75) is 40.5 Å². The first-order chi connectivity index (χ1) is 6.13. The lowest BCUT2D eigenvalue weighted by Crippen LogP contribution is -2.16.